The highest BCUT2D eigenvalue weighted by atomic mass is 32.2. The predicted molar refractivity (Wildman–Crippen MR) is 103 cm³/mol. The first-order valence-corrected chi connectivity index (χ1v) is 9.36. The van der Waals surface area contributed by atoms with E-state index in [9.17, 15) is 9.59 Å². The number of hydrogen-bond acceptors (Lipinski definition) is 5. The van der Waals surface area contributed by atoms with Gasteiger partial charge in [0.1, 0.15) is 5.03 Å². The Bertz CT molecular complexity index is 733. The van der Waals surface area contributed by atoms with Crippen LogP contribution in [0.4, 0.5) is 16.2 Å². The molecule has 0 saturated carbocycles. The summed E-state index contributed by atoms with van der Waals surface area (Å²) in [6, 6.07) is 5.16. The van der Waals surface area contributed by atoms with Crippen LogP contribution in [0.1, 0.15) is 25.8 Å². The molecule has 9 heteroatoms. The molecule has 8 nitrogen and oxygen atoms in total. The van der Waals surface area contributed by atoms with Gasteiger partial charge in [-0.3, -0.25) is 4.79 Å². The molecule has 0 unspecified atom stereocenters. The second-order valence-electron chi connectivity index (χ2n) is 6.21. The van der Waals surface area contributed by atoms with Gasteiger partial charge in [0.15, 0.2) is 0 Å². The maximum atomic E-state index is 12.1. The van der Waals surface area contributed by atoms with E-state index in [1.54, 1.807) is 12.3 Å². The lowest BCUT2D eigenvalue weighted by atomic mass is 10.1. The van der Waals surface area contributed by atoms with Crippen LogP contribution in [0.2, 0.25) is 0 Å². The Balaban J connectivity index is 1.82. The molecule has 2 aromatic rings. The summed E-state index contributed by atoms with van der Waals surface area (Å²) < 4.78 is 0. The van der Waals surface area contributed by atoms with E-state index in [-0.39, 0.29) is 11.9 Å². The summed E-state index contributed by atoms with van der Waals surface area (Å²) in [5, 5.41) is 19.4. The Morgan fingerprint density at radius 1 is 1.27 bits per heavy atom. The average molecular weight is 376 g/mol. The third-order valence-electron chi connectivity index (χ3n) is 3.39. The number of thioether (sulfide) groups is 1. The van der Waals surface area contributed by atoms with Crippen molar-refractivity contribution < 1.29 is 9.59 Å². The molecule has 0 radical (unpaired) electrons. The molecule has 1 aromatic carbocycles. The number of carbonyl (C=O) groups is 2. The number of hydrogen-bond donors (Lipinski definition) is 4. The van der Waals surface area contributed by atoms with Crippen LogP contribution in [0, 0.1) is 12.8 Å². The molecule has 1 aromatic heterocycles. The van der Waals surface area contributed by atoms with Crippen molar-refractivity contribution in [1.29, 1.82) is 0 Å². The van der Waals surface area contributed by atoms with E-state index >= 15 is 0 Å². The molecular formula is C17H24N6O2S. The molecule has 0 atom stereocenters. The zero-order valence-corrected chi connectivity index (χ0v) is 15.9. The van der Waals surface area contributed by atoms with Gasteiger partial charge in [-0.05, 0) is 30.5 Å². The van der Waals surface area contributed by atoms with E-state index in [1.807, 2.05) is 32.9 Å². The van der Waals surface area contributed by atoms with E-state index in [0.29, 0.717) is 36.0 Å². The zero-order valence-electron chi connectivity index (χ0n) is 15.1. The number of aryl methyl sites for hydroxylation is 1. The molecule has 0 spiro atoms. The zero-order chi connectivity index (χ0) is 18.9. The van der Waals surface area contributed by atoms with Gasteiger partial charge in [0.2, 0.25) is 5.91 Å². The number of urea groups is 1. The van der Waals surface area contributed by atoms with E-state index in [0.717, 1.165) is 10.6 Å². The molecule has 0 fully saturated rings. The lowest BCUT2D eigenvalue weighted by Gasteiger charge is -2.13. The SMILES string of the molecule is Cc1ccc(NC(=O)CC(C)C)cc1NC(=O)NCCSc1cn[nH]n1. The second kappa shape index (κ2) is 9.81. The molecule has 0 bridgehead atoms. The minimum atomic E-state index is -0.292. The standard InChI is InChI=1S/C17H24N6O2S/c1-11(2)8-15(24)20-13-5-4-12(3)14(9-13)21-17(25)18-6-7-26-16-10-19-23-22-16/h4-5,9-11H,6-8H2,1-3H3,(H,20,24)(H2,18,21,25)(H,19,22,23). The number of benzene rings is 1. The van der Waals surface area contributed by atoms with Crippen LogP contribution in [0.15, 0.2) is 29.4 Å². The van der Waals surface area contributed by atoms with Crippen LogP contribution in [0.5, 0.6) is 0 Å². The molecule has 0 aliphatic carbocycles. The molecule has 0 saturated heterocycles. The summed E-state index contributed by atoms with van der Waals surface area (Å²) in [6.07, 6.45) is 2.09. The Hall–Kier alpha value is -2.55. The Morgan fingerprint density at radius 3 is 2.77 bits per heavy atom. The first kappa shape index (κ1) is 19.8. The van der Waals surface area contributed by atoms with Gasteiger partial charge in [-0.15, -0.1) is 16.9 Å². The number of aromatic nitrogens is 3. The van der Waals surface area contributed by atoms with Crippen molar-refractivity contribution >= 4 is 35.1 Å². The third-order valence-corrected chi connectivity index (χ3v) is 4.29. The normalized spacial score (nSPS) is 10.6. The smallest absolute Gasteiger partial charge is 0.319 e. The lowest BCUT2D eigenvalue weighted by Crippen LogP contribution is -2.30. The Kier molecular flexibility index (Phi) is 7.46. The number of nitrogens with zero attached hydrogens (tertiary/aromatic N) is 2. The first-order valence-electron chi connectivity index (χ1n) is 8.38. The number of anilines is 2. The first-order chi connectivity index (χ1) is 12.4. The highest BCUT2D eigenvalue weighted by Gasteiger charge is 2.09. The summed E-state index contributed by atoms with van der Waals surface area (Å²) in [6.45, 7) is 6.38. The molecule has 2 rings (SSSR count). The average Bonchev–Trinajstić information content (AvgIpc) is 3.07. The fourth-order valence-corrected chi connectivity index (χ4v) is 2.81. The number of H-pyrrole nitrogens is 1. The summed E-state index contributed by atoms with van der Waals surface area (Å²) in [5.41, 5.74) is 2.24. The maximum absolute atomic E-state index is 12.1. The summed E-state index contributed by atoms with van der Waals surface area (Å²) >= 11 is 1.50. The van der Waals surface area contributed by atoms with Crippen LogP contribution in [-0.4, -0.2) is 39.6 Å². The maximum Gasteiger partial charge on any atom is 0.319 e. The molecular weight excluding hydrogens is 352 g/mol. The van der Waals surface area contributed by atoms with E-state index in [4.69, 9.17) is 0 Å². The minimum Gasteiger partial charge on any atom is -0.337 e. The van der Waals surface area contributed by atoms with Gasteiger partial charge in [-0.1, -0.05) is 19.9 Å². The van der Waals surface area contributed by atoms with Crippen LogP contribution in [0.3, 0.4) is 0 Å². The quantitative estimate of drug-likeness (QED) is 0.418. The van der Waals surface area contributed by atoms with E-state index in [2.05, 4.69) is 31.4 Å². The molecule has 1 heterocycles. The number of rotatable bonds is 8. The number of nitrogens with one attached hydrogen (secondary N) is 4. The number of amides is 3. The largest absolute Gasteiger partial charge is 0.337 e. The van der Waals surface area contributed by atoms with Gasteiger partial charge >= 0.3 is 6.03 Å². The van der Waals surface area contributed by atoms with Crippen molar-refractivity contribution in [3.8, 4) is 0 Å². The predicted octanol–water partition coefficient (Wildman–Crippen LogP) is 3.01. The van der Waals surface area contributed by atoms with Crippen molar-refractivity contribution in [1.82, 2.24) is 20.7 Å². The van der Waals surface area contributed by atoms with Gasteiger partial charge in [0.25, 0.3) is 0 Å². The molecule has 3 amide bonds. The van der Waals surface area contributed by atoms with Crippen molar-refractivity contribution in [2.24, 2.45) is 5.92 Å². The van der Waals surface area contributed by atoms with E-state index in [1.165, 1.54) is 11.8 Å². The van der Waals surface area contributed by atoms with Crippen LogP contribution in [0.25, 0.3) is 0 Å². The molecule has 0 aliphatic rings. The fraction of sp³-hybridized carbons (Fsp3) is 0.412. The van der Waals surface area contributed by atoms with E-state index < -0.39 is 0 Å². The van der Waals surface area contributed by atoms with Crippen molar-refractivity contribution in [3.05, 3.63) is 30.0 Å². The van der Waals surface area contributed by atoms with Gasteiger partial charge in [0, 0.05) is 30.1 Å². The molecule has 0 aliphatic heterocycles. The number of aromatic amines is 1. The topological polar surface area (TPSA) is 112 Å². The molecule has 4 N–H and O–H groups in total. The summed E-state index contributed by atoms with van der Waals surface area (Å²) in [5.74, 6) is 0.938. The van der Waals surface area contributed by atoms with Gasteiger partial charge < -0.3 is 16.0 Å². The highest BCUT2D eigenvalue weighted by Crippen LogP contribution is 2.21. The fourth-order valence-electron chi connectivity index (χ4n) is 2.16. The number of carbonyl (C=O) groups excluding carboxylic acids is 2. The van der Waals surface area contributed by atoms with Crippen molar-refractivity contribution in [3.63, 3.8) is 0 Å². The van der Waals surface area contributed by atoms with Gasteiger partial charge in [-0.25, -0.2) is 4.79 Å². The monoisotopic (exact) mass is 376 g/mol. The van der Waals surface area contributed by atoms with Crippen LogP contribution in [-0.2, 0) is 4.79 Å². The molecule has 26 heavy (non-hydrogen) atoms. The summed E-state index contributed by atoms with van der Waals surface area (Å²) in [7, 11) is 0. The van der Waals surface area contributed by atoms with Crippen LogP contribution < -0.4 is 16.0 Å². The van der Waals surface area contributed by atoms with Gasteiger partial charge in [0.05, 0.1) is 6.20 Å². The molecule has 140 valence electrons. The van der Waals surface area contributed by atoms with Crippen LogP contribution >= 0.6 is 11.8 Å². The highest BCUT2D eigenvalue weighted by molar-refractivity contribution is 7.99. The Labute approximate surface area is 156 Å². The van der Waals surface area contributed by atoms with Crippen molar-refractivity contribution in [2.75, 3.05) is 22.9 Å². The minimum absolute atomic E-state index is 0.0378. The third kappa shape index (κ3) is 6.75. The van der Waals surface area contributed by atoms with Gasteiger partial charge in [-0.2, -0.15) is 10.3 Å². The van der Waals surface area contributed by atoms with Crippen molar-refractivity contribution in [2.45, 2.75) is 32.2 Å². The summed E-state index contributed by atoms with van der Waals surface area (Å²) in [4.78, 5) is 23.9. The second-order valence-corrected chi connectivity index (χ2v) is 7.33. The lowest BCUT2D eigenvalue weighted by molar-refractivity contribution is -0.116. The Morgan fingerprint density at radius 2 is 2.08 bits per heavy atom.